The topological polar surface area (TPSA) is 34.2 Å². The smallest absolute Gasteiger partial charge is 0.127 e. The Labute approximate surface area is 181 Å². The Hall–Kier alpha value is -2.24. The van der Waals surface area contributed by atoms with Gasteiger partial charge in [-0.25, -0.2) is 0 Å². The van der Waals surface area contributed by atoms with Gasteiger partial charge in [-0.15, -0.1) is 0 Å². The van der Waals surface area contributed by atoms with Gasteiger partial charge in [0.15, 0.2) is 0 Å². The average Bonchev–Trinajstić information content (AvgIpc) is 2.78. The zero-order valence-corrected chi connectivity index (χ0v) is 18.9. The van der Waals surface area contributed by atoms with Gasteiger partial charge in [0, 0.05) is 26.2 Å². The molecule has 1 aliphatic heterocycles. The van der Waals surface area contributed by atoms with Crippen molar-refractivity contribution in [1.29, 1.82) is 0 Å². The van der Waals surface area contributed by atoms with E-state index in [1.54, 1.807) is 21.3 Å². The van der Waals surface area contributed by atoms with E-state index < -0.39 is 0 Å². The molecule has 0 N–H and O–H groups in total. The number of rotatable bonds is 10. The molecule has 1 aliphatic rings. The molecule has 0 radical (unpaired) electrons. The van der Waals surface area contributed by atoms with E-state index in [0.717, 1.165) is 48.9 Å². The fourth-order valence-corrected chi connectivity index (χ4v) is 4.44. The number of methoxy groups -OCH3 is 3. The highest BCUT2D eigenvalue weighted by Crippen LogP contribution is 2.30. The van der Waals surface area contributed by atoms with E-state index in [9.17, 15) is 0 Å². The Morgan fingerprint density at radius 1 is 0.967 bits per heavy atom. The standard InChI is InChI=1S/C25H36N2O3/c1-26(19-23-24(29-3)8-5-9-25(23)30-4)17-21-7-6-15-27(18-21)16-14-20-10-12-22(28-2)13-11-20/h5,8-13,21H,6-7,14-19H2,1-4H3/t21-/m1/s1. The van der Waals surface area contributed by atoms with Crippen molar-refractivity contribution in [3.8, 4) is 17.2 Å². The second-order valence-electron chi connectivity index (χ2n) is 8.24. The maximum absolute atomic E-state index is 5.56. The summed E-state index contributed by atoms with van der Waals surface area (Å²) < 4.78 is 16.4. The first-order chi connectivity index (χ1) is 14.6. The van der Waals surface area contributed by atoms with Gasteiger partial charge in [-0.2, -0.15) is 0 Å². The molecule has 0 bridgehead atoms. The lowest BCUT2D eigenvalue weighted by atomic mass is 9.96. The summed E-state index contributed by atoms with van der Waals surface area (Å²) in [6, 6.07) is 14.4. The van der Waals surface area contributed by atoms with E-state index in [0.29, 0.717) is 5.92 Å². The highest BCUT2D eigenvalue weighted by Gasteiger charge is 2.22. The molecule has 1 saturated heterocycles. The van der Waals surface area contributed by atoms with Crippen LogP contribution in [0.1, 0.15) is 24.0 Å². The Bertz CT molecular complexity index is 756. The molecule has 5 heteroatoms. The fourth-order valence-electron chi connectivity index (χ4n) is 4.44. The van der Waals surface area contributed by atoms with Crippen LogP contribution in [0.3, 0.4) is 0 Å². The van der Waals surface area contributed by atoms with Crippen LogP contribution in [0.15, 0.2) is 42.5 Å². The Kier molecular flexibility index (Phi) is 8.40. The Balaban J connectivity index is 1.50. The predicted octanol–water partition coefficient (Wildman–Crippen LogP) is 4.10. The first-order valence-corrected chi connectivity index (χ1v) is 10.9. The summed E-state index contributed by atoms with van der Waals surface area (Å²) in [6.45, 7) is 5.41. The van der Waals surface area contributed by atoms with Gasteiger partial charge in [-0.3, -0.25) is 0 Å². The molecule has 30 heavy (non-hydrogen) atoms. The van der Waals surface area contributed by atoms with Crippen LogP contribution in [0.5, 0.6) is 17.2 Å². The van der Waals surface area contributed by atoms with Crippen molar-refractivity contribution in [2.45, 2.75) is 25.8 Å². The number of ether oxygens (including phenoxy) is 3. The highest BCUT2D eigenvalue weighted by molar-refractivity contribution is 5.44. The van der Waals surface area contributed by atoms with Gasteiger partial charge in [-0.05, 0) is 68.6 Å². The Morgan fingerprint density at radius 3 is 2.30 bits per heavy atom. The third-order valence-corrected chi connectivity index (χ3v) is 6.01. The van der Waals surface area contributed by atoms with Gasteiger partial charge in [0.25, 0.3) is 0 Å². The Morgan fingerprint density at radius 2 is 1.67 bits per heavy atom. The van der Waals surface area contributed by atoms with E-state index in [4.69, 9.17) is 14.2 Å². The summed E-state index contributed by atoms with van der Waals surface area (Å²) in [4.78, 5) is 5.02. The van der Waals surface area contributed by atoms with Crippen molar-refractivity contribution >= 4 is 0 Å². The normalized spacial score (nSPS) is 17.2. The van der Waals surface area contributed by atoms with Gasteiger partial charge in [0.05, 0.1) is 26.9 Å². The number of likely N-dealkylation sites (tertiary alicyclic amines) is 1. The van der Waals surface area contributed by atoms with Crippen molar-refractivity contribution in [3.63, 3.8) is 0 Å². The van der Waals surface area contributed by atoms with Crippen LogP contribution in [0.25, 0.3) is 0 Å². The number of nitrogens with zero attached hydrogens (tertiary/aromatic N) is 2. The lowest BCUT2D eigenvalue weighted by Gasteiger charge is -2.35. The molecule has 0 aliphatic carbocycles. The minimum Gasteiger partial charge on any atom is -0.497 e. The van der Waals surface area contributed by atoms with Crippen molar-refractivity contribution < 1.29 is 14.2 Å². The molecule has 0 aromatic heterocycles. The molecule has 1 heterocycles. The molecular weight excluding hydrogens is 376 g/mol. The monoisotopic (exact) mass is 412 g/mol. The summed E-state index contributed by atoms with van der Waals surface area (Å²) in [5, 5.41) is 0. The molecule has 0 spiro atoms. The first-order valence-electron chi connectivity index (χ1n) is 10.9. The first kappa shape index (κ1) is 22.4. The number of hydrogen-bond acceptors (Lipinski definition) is 5. The van der Waals surface area contributed by atoms with Crippen LogP contribution in [-0.2, 0) is 13.0 Å². The van der Waals surface area contributed by atoms with Gasteiger partial charge < -0.3 is 24.0 Å². The molecule has 164 valence electrons. The van der Waals surface area contributed by atoms with E-state index >= 15 is 0 Å². The van der Waals surface area contributed by atoms with Gasteiger partial charge in [0.2, 0.25) is 0 Å². The van der Waals surface area contributed by atoms with Crippen LogP contribution in [0, 0.1) is 5.92 Å². The number of benzene rings is 2. The second-order valence-corrected chi connectivity index (χ2v) is 8.24. The molecule has 0 unspecified atom stereocenters. The fraction of sp³-hybridized carbons (Fsp3) is 0.520. The lowest BCUT2D eigenvalue weighted by molar-refractivity contribution is 0.141. The van der Waals surface area contributed by atoms with E-state index in [-0.39, 0.29) is 0 Å². The van der Waals surface area contributed by atoms with Crippen LogP contribution in [-0.4, -0.2) is 64.4 Å². The van der Waals surface area contributed by atoms with Crippen molar-refractivity contribution in [2.75, 3.05) is 54.6 Å². The van der Waals surface area contributed by atoms with Crippen LogP contribution in [0.2, 0.25) is 0 Å². The van der Waals surface area contributed by atoms with Crippen LogP contribution >= 0.6 is 0 Å². The van der Waals surface area contributed by atoms with Crippen LogP contribution in [0.4, 0.5) is 0 Å². The summed E-state index contributed by atoms with van der Waals surface area (Å²) in [5.41, 5.74) is 2.50. The van der Waals surface area contributed by atoms with E-state index in [1.165, 1.54) is 31.5 Å². The maximum Gasteiger partial charge on any atom is 0.127 e. The molecule has 1 fully saturated rings. The number of piperidine rings is 1. The highest BCUT2D eigenvalue weighted by atomic mass is 16.5. The van der Waals surface area contributed by atoms with E-state index in [2.05, 4.69) is 41.1 Å². The average molecular weight is 413 g/mol. The summed E-state index contributed by atoms with van der Waals surface area (Å²) in [7, 11) is 7.35. The van der Waals surface area contributed by atoms with Gasteiger partial charge >= 0.3 is 0 Å². The third-order valence-electron chi connectivity index (χ3n) is 6.01. The molecule has 2 aromatic rings. The van der Waals surface area contributed by atoms with Gasteiger partial charge in [0.1, 0.15) is 17.2 Å². The molecule has 0 amide bonds. The number of hydrogen-bond donors (Lipinski definition) is 0. The summed E-state index contributed by atoms with van der Waals surface area (Å²) in [6.07, 6.45) is 3.66. The minimum atomic E-state index is 0.695. The largest absolute Gasteiger partial charge is 0.497 e. The zero-order chi connectivity index (χ0) is 21.3. The summed E-state index contributed by atoms with van der Waals surface area (Å²) in [5.74, 6) is 3.41. The zero-order valence-electron chi connectivity index (χ0n) is 18.9. The van der Waals surface area contributed by atoms with E-state index in [1.807, 2.05) is 18.2 Å². The summed E-state index contributed by atoms with van der Waals surface area (Å²) >= 11 is 0. The van der Waals surface area contributed by atoms with Crippen molar-refractivity contribution in [2.24, 2.45) is 5.92 Å². The molecule has 0 saturated carbocycles. The second kappa shape index (κ2) is 11.2. The SMILES string of the molecule is COc1ccc(CCN2CCC[C@H](CN(C)Cc3c(OC)cccc3OC)C2)cc1. The predicted molar refractivity (Wildman–Crippen MR) is 122 cm³/mol. The quantitative estimate of drug-likeness (QED) is 0.587. The van der Waals surface area contributed by atoms with Gasteiger partial charge in [-0.1, -0.05) is 18.2 Å². The maximum atomic E-state index is 5.56. The molecule has 5 nitrogen and oxygen atoms in total. The van der Waals surface area contributed by atoms with Crippen molar-refractivity contribution in [1.82, 2.24) is 9.80 Å². The molecule has 2 aromatic carbocycles. The minimum absolute atomic E-state index is 0.695. The lowest BCUT2D eigenvalue weighted by Crippen LogP contribution is -2.40. The van der Waals surface area contributed by atoms with Crippen molar-refractivity contribution in [3.05, 3.63) is 53.6 Å². The molecule has 1 atom stereocenters. The van der Waals surface area contributed by atoms with Crippen LogP contribution < -0.4 is 14.2 Å². The molecular formula is C25H36N2O3. The molecule has 3 rings (SSSR count). The third kappa shape index (κ3) is 6.13.